The molecule has 1 saturated heterocycles. The molecule has 1 aromatic heterocycles. The van der Waals surface area contributed by atoms with E-state index in [-0.39, 0.29) is 0 Å². The molecule has 0 amide bonds. The van der Waals surface area contributed by atoms with E-state index < -0.39 is 0 Å². The minimum atomic E-state index is 0.602. The maximum absolute atomic E-state index is 5.75. The zero-order chi connectivity index (χ0) is 10.7. The minimum absolute atomic E-state index is 0.602. The number of nitrogens with zero attached hydrogens (tertiary/aromatic N) is 3. The zero-order valence-electron chi connectivity index (χ0n) is 9.09. The first-order chi connectivity index (χ1) is 7.29. The van der Waals surface area contributed by atoms with Crippen molar-refractivity contribution in [2.45, 2.75) is 19.9 Å². The van der Waals surface area contributed by atoms with E-state index in [1.165, 1.54) is 12.8 Å². The van der Waals surface area contributed by atoms with Gasteiger partial charge in [0.2, 0.25) is 6.39 Å². The number of hydrogen-bond donors (Lipinski definition) is 1. The molecule has 84 valence electrons. The lowest BCUT2D eigenvalue weighted by molar-refractivity contribution is 0.122. The lowest BCUT2D eigenvalue weighted by atomic mass is 9.87. The van der Waals surface area contributed by atoms with Crippen LogP contribution < -0.4 is 5.73 Å². The Labute approximate surface area is 89.6 Å². The second kappa shape index (κ2) is 4.72. The van der Waals surface area contributed by atoms with Gasteiger partial charge < -0.3 is 10.3 Å². The average molecular weight is 210 g/mol. The summed E-state index contributed by atoms with van der Waals surface area (Å²) in [6, 6.07) is 0. The van der Waals surface area contributed by atoms with E-state index in [2.05, 4.69) is 22.0 Å². The van der Waals surface area contributed by atoms with Crippen LogP contribution in [0.25, 0.3) is 0 Å². The summed E-state index contributed by atoms with van der Waals surface area (Å²) < 4.78 is 4.72. The Bertz CT molecular complexity index is 288. The van der Waals surface area contributed by atoms with Crippen LogP contribution in [0.5, 0.6) is 0 Å². The number of hydrogen-bond acceptors (Lipinski definition) is 5. The molecule has 0 aromatic carbocycles. The molecule has 5 heteroatoms. The first-order valence-corrected chi connectivity index (χ1v) is 5.47. The largest absolute Gasteiger partial charge is 0.343 e. The van der Waals surface area contributed by atoms with E-state index in [9.17, 15) is 0 Å². The predicted octanol–water partition coefficient (Wildman–Crippen LogP) is 0.486. The molecule has 2 unspecified atom stereocenters. The van der Waals surface area contributed by atoms with Crippen molar-refractivity contribution in [1.82, 2.24) is 15.0 Å². The highest BCUT2D eigenvalue weighted by atomic mass is 16.5. The van der Waals surface area contributed by atoms with Gasteiger partial charge in [0, 0.05) is 6.54 Å². The molecule has 1 aliphatic rings. The third-order valence-electron chi connectivity index (χ3n) is 3.27. The van der Waals surface area contributed by atoms with Gasteiger partial charge in [-0.15, -0.1) is 0 Å². The lowest BCUT2D eigenvalue weighted by Gasteiger charge is -2.35. The number of likely N-dealkylation sites (tertiary alicyclic amines) is 1. The molecule has 0 saturated carbocycles. The Morgan fingerprint density at radius 3 is 3.20 bits per heavy atom. The Morgan fingerprint density at radius 1 is 1.67 bits per heavy atom. The summed E-state index contributed by atoms with van der Waals surface area (Å²) in [7, 11) is 0. The van der Waals surface area contributed by atoms with Gasteiger partial charge in [-0.25, -0.2) is 0 Å². The fourth-order valence-electron chi connectivity index (χ4n) is 2.14. The van der Waals surface area contributed by atoms with Crippen LogP contribution in [0.4, 0.5) is 0 Å². The SMILES string of the molecule is CC1CCN(Cc2ncon2)CC1CN. The van der Waals surface area contributed by atoms with Crippen LogP contribution in [0.2, 0.25) is 0 Å². The maximum atomic E-state index is 5.75. The van der Waals surface area contributed by atoms with Crippen molar-refractivity contribution < 1.29 is 4.52 Å². The van der Waals surface area contributed by atoms with E-state index in [0.29, 0.717) is 5.92 Å². The van der Waals surface area contributed by atoms with Gasteiger partial charge >= 0.3 is 0 Å². The summed E-state index contributed by atoms with van der Waals surface area (Å²) in [6.07, 6.45) is 2.59. The maximum Gasteiger partial charge on any atom is 0.213 e. The number of nitrogens with two attached hydrogens (primary N) is 1. The zero-order valence-corrected chi connectivity index (χ0v) is 9.09. The van der Waals surface area contributed by atoms with Crippen molar-refractivity contribution in [3.05, 3.63) is 12.2 Å². The normalized spacial score (nSPS) is 28.1. The summed E-state index contributed by atoms with van der Waals surface area (Å²) in [5, 5.41) is 3.82. The van der Waals surface area contributed by atoms with E-state index >= 15 is 0 Å². The van der Waals surface area contributed by atoms with Gasteiger partial charge in [0.15, 0.2) is 5.82 Å². The number of rotatable bonds is 3. The average Bonchev–Trinajstić information content (AvgIpc) is 2.73. The summed E-state index contributed by atoms with van der Waals surface area (Å²) in [4.78, 5) is 6.38. The second-order valence-electron chi connectivity index (χ2n) is 4.34. The minimum Gasteiger partial charge on any atom is -0.343 e. The smallest absolute Gasteiger partial charge is 0.213 e. The van der Waals surface area contributed by atoms with Crippen molar-refractivity contribution in [1.29, 1.82) is 0 Å². The first-order valence-electron chi connectivity index (χ1n) is 5.47. The van der Waals surface area contributed by atoms with Crippen molar-refractivity contribution in [2.75, 3.05) is 19.6 Å². The third-order valence-corrected chi connectivity index (χ3v) is 3.27. The Balaban J connectivity index is 1.89. The van der Waals surface area contributed by atoms with Gasteiger partial charge in [0.1, 0.15) is 0 Å². The highest BCUT2D eigenvalue weighted by Gasteiger charge is 2.25. The molecule has 0 bridgehead atoms. The molecule has 0 spiro atoms. The number of piperidine rings is 1. The molecule has 2 rings (SSSR count). The van der Waals surface area contributed by atoms with Crippen molar-refractivity contribution in [2.24, 2.45) is 17.6 Å². The van der Waals surface area contributed by atoms with E-state index in [1.807, 2.05) is 0 Å². The summed E-state index contributed by atoms with van der Waals surface area (Å²) in [5.74, 6) is 2.10. The molecule has 2 heterocycles. The lowest BCUT2D eigenvalue weighted by Crippen LogP contribution is -2.42. The van der Waals surface area contributed by atoms with Crippen molar-refractivity contribution >= 4 is 0 Å². The Morgan fingerprint density at radius 2 is 2.53 bits per heavy atom. The van der Waals surface area contributed by atoms with Crippen LogP contribution in [0.15, 0.2) is 10.9 Å². The number of aromatic nitrogens is 2. The Hall–Kier alpha value is -0.940. The third kappa shape index (κ3) is 2.54. The van der Waals surface area contributed by atoms with Crippen LogP contribution in [0.3, 0.4) is 0 Å². The predicted molar refractivity (Wildman–Crippen MR) is 55.9 cm³/mol. The molecule has 2 N–H and O–H groups in total. The fourth-order valence-corrected chi connectivity index (χ4v) is 2.14. The van der Waals surface area contributed by atoms with Crippen molar-refractivity contribution in [3.8, 4) is 0 Å². The molecule has 15 heavy (non-hydrogen) atoms. The molecule has 0 radical (unpaired) electrons. The molecular formula is C10H18N4O. The summed E-state index contributed by atoms with van der Waals surface area (Å²) >= 11 is 0. The molecule has 1 fully saturated rings. The molecule has 1 aromatic rings. The van der Waals surface area contributed by atoms with Crippen LogP contribution in [0, 0.1) is 11.8 Å². The van der Waals surface area contributed by atoms with Crippen LogP contribution in [-0.4, -0.2) is 34.7 Å². The summed E-state index contributed by atoms with van der Waals surface area (Å²) in [6.45, 7) is 5.98. The molecule has 0 aliphatic carbocycles. The van der Waals surface area contributed by atoms with Gasteiger partial charge in [-0.05, 0) is 31.3 Å². The molecule has 1 aliphatic heterocycles. The Kier molecular flexibility index (Phi) is 3.33. The molecule has 5 nitrogen and oxygen atoms in total. The van der Waals surface area contributed by atoms with Crippen LogP contribution >= 0.6 is 0 Å². The monoisotopic (exact) mass is 210 g/mol. The van der Waals surface area contributed by atoms with Crippen molar-refractivity contribution in [3.63, 3.8) is 0 Å². The van der Waals surface area contributed by atoms with E-state index in [0.717, 1.165) is 37.9 Å². The fraction of sp³-hybridized carbons (Fsp3) is 0.800. The highest BCUT2D eigenvalue weighted by Crippen LogP contribution is 2.22. The standard InChI is InChI=1S/C10H18N4O/c1-8-2-3-14(5-9(8)4-11)6-10-12-7-15-13-10/h7-9H,2-6,11H2,1H3. The van der Waals surface area contributed by atoms with Gasteiger partial charge in [-0.1, -0.05) is 12.1 Å². The van der Waals surface area contributed by atoms with Gasteiger partial charge in [-0.2, -0.15) is 4.98 Å². The molecular weight excluding hydrogens is 192 g/mol. The van der Waals surface area contributed by atoms with Gasteiger partial charge in [-0.3, -0.25) is 4.90 Å². The topological polar surface area (TPSA) is 68.2 Å². The van der Waals surface area contributed by atoms with E-state index in [1.54, 1.807) is 0 Å². The van der Waals surface area contributed by atoms with Crippen LogP contribution in [0.1, 0.15) is 19.2 Å². The molecule has 2 atom stereocenters. The second-order valence-corrected chi connectivity index (χ2v) is 4.34. The van der Waals surface area contributed by atoms with Crippen LogP contribution in [-0.2, 0) is 6.54 Å². The van der Waals surface area contributed by atoms with E-state index in [4.69, 9.17) is 10.3 Å². The first kappa shape index (κ1) is 10.6. The van der Waals surface area contributed by atoms with Gasteiger partial charge in [0.25, 0.3) is 0 Å². The highest BCUT2D eigenvalue weighted by molar-refractivity contribution is 4.83. The van der Waals surface area contributed by atoms with Gasteiger partial charge in [0.05, 0.1) is 6.54 Å². The summed E-state index contributed by atoms with van der Waals surface area (Å²) in [5.41, 5.74) is 5.75. The quantitative estimate of drug-likeness (QED) is 0.786.